The summed E-state index contributed by atoms with van der Waals surface area (Å²) in [7, 11) is 1.15. The second-order valence-electron chi connectivity index (χ2n) is 10.9. The zero-order chi connectivity index (χ0) is 28.3. The fourth-order valence-corrected chi connectivity index (χ4v) is 4.86. The number of halogens is 1. The van der Waals surface area contributed by atoms with Crippen molar-refractivity contribution < 1.29 is 34.4 Å². The highest BCUT2D eigenvalue weighted by molar-refractivity contribution is 6.02. The van der Waals surface area contributed by atoms with Gasteiger partial charge in [-0.3, -0.25) is 0 Å². The molecule has 0 heterocycles. The van der Waals surface area contributed by atoms with Crippen LogP contribution in [-0.4, -0.2) is 39.2 Å². The number of ether oxygens (including phenoxy) is 1. The Morgan fingerprint density at radius 2 is 1.76 bits per heavy atom. The predicted molar refractivity (Wildman–Crippen MR) is 144 cm³/mol. The van der Waals surface area contributed by atoms with Gasteiger partial charge >= 0.3 is 11.8 Å². The molecular weight excluding hydrogens is 489 g/mol. The van der Waals surface area contributed by atoms with Crippen molar-refractivity contribution in [2.24, 2.45) is 16.3 Å². The predicted octanol–water partition coefficient (Wildman–Crippen LogP) is 7.15. The van der Waals surface area contributed by atoms with E-state index in [4.69, 9.17) is 9.84 Å². The van der Waals surface area contributed by atoms with E-state index >= 15 is 0 Å². The Morgan fingerprint density at radius 1 is 1.16 bits per heavy atom. The third-order valence-electron chi connectivity index (χ3n) is 7.18. The van der Waals surface area contributed by atoms with Crippen molar-refractivity contribution >= 4 is 17.4 Å². The monoisotopic (exact) mass is 528 g/mol. The third-order valence-corrected chi connectivity index (χ3v) is 7.18. The van der Waals surface area contributed by atoms with Gasteiger partial charge in [0.15, 0.2) is 11.6 Å². The summed E-state index contributed by atoms with van der Waals surface area (Å²) in [6.45, 7) is 10.2. The molecule has 1 saturated carbocycles. The van der Waals surface area contributed by atoms with Crippen LogP contribution in [0, 0.1) is 17.2 Å². The molecule has 2 aromatic carbocycles. The van der Waals surface area contributed by atoms with Crippen LogP contribution in [0.2, 0.25) is 0 Å². The Labute approximate surface area is 223 Å². The first-order valence-corrected chi connectivity index (χ1v) is 12.9. The van der Waals surface area contributed by atoms with E-state index in [-0.39, 0.29) is 17.4 Å². The van der Waals surface area contributed by atoms with E-state index in [1.165, 1.54) is 43.4 Å². The lowest BCUT2D eigenvalue weighted by molar-refractivity contribution is -1.20. The van der Waals surface area contributed by atoms with E-state index in [2.05, 4.69) is 36.4 Å². The van der Waals surface area contributed by atoms with Crippen LogP contribution >= 0.6 is 0 Å². The Hall–Kier alpha value is -3.27. The number of hydroxylamine groups is 2. The number of allylic oxidation sites excluding steroid dienone is 1. The number of aromatic carboxylic acids is 1. The minimum Gasteiger partial charge on any atom is -0.491 e. The molecule has 0 atom stereocenters. The van der Waals surface area contributed by atoms with Gasteiger partial charge in [-0.2, -0.15) is 10.4 Å². The van der Waals surface area contributed by atoms with Gasteiger partial charge in [0.05, 0.1) is 23.3 Å². The van der Waals surface area contributed by atoms with Crippen molar-refractivity contribution in [3.8, 4) is 5.75 Å². The van der Waals surface area contributed by atoms with Crippen LogP contribution in [0.15, 0.2) is 53.3 Å². The van der Waals surface area contributed by atoms with E-state index in [0.29, 0.717) is 17.0 Å². The SMILES string of the molecule is C/C=C(\N=C(\c1ccc(C2CCC(C)(C)CC2)cc1)C(C)C)[N+](O)(O)Nc1ccc(C(=O)O)c(F)c1OC. The molecule has 0 unspecified atom stereocenters. The highest BCUT2D eigenvalue weighted by atomic mass is 19.1. The van der Waals surface area contributed by atoms with Crippen LogP contribution < -0.4 is 10.2 Å². The minimum atomic E-state index is -1.91. The van der Waals surface area contributed by atoms with Gasteiger partial charge in [0, 0.05) is 6.08 Å². The second kappa shape index (κ2) is 11.6. The average molecular weight is 529 g/mol. The second-order valence-corrected chi connectivity index (χ2v) is 10.9. The van der Waals surface area contributed by atoms with Crippen molar-refractivity contribution in [3.63, 3.8) is 0 Å². The standard InChI is InChI=1S/C29H38FN3O5/c1-7-24(33(36,37)32-23-13-12-22(28(34)35)25(30)27(23)38-6)31-26(18(2)3)21-10-8-19(9-11-21)20-14-16-29(4,5)17-15-20/h7-13,18,20,32,36-37H,14-17H2,1-6H3/p+1/b24-7+,31-26+. The number of methoxy groups -OCH3 is 1. The maximum absolute atomic E-state index is 14.6. The molecule has 3 rings (SSSR count). The van der Waals surface area contributed by atoms with Crippen LogP contribution in [0.4, 0.5) is 10.1 Å². The average Bonchev–Trinajstić information content (AvgIpc) is 2.84. The highest BCUT2D eigenvalue weighted by Crippen LogP contribution is 2.42. The molecule has 4 N–H and O–H groups in total. The maximum atomic E-state index is 14.6. The number of rotatable bonds is 9. The molecule has 0 aliphatic heterocycles. The van der Waals surface area contributed by atoms with Crippen molar-refractivity contribution in [1.29, 1.82) is 0 Å². The van der Waals surface area contributed by atoms with E-state index in [9.17, 15) is 19.6 Å². The molecule has 1 aliphatic carbocycles. The summed E-state index contributed by atoms with van der Waals surface area (Å²) in [5.41, 5.74) is 4.79. The van der Waals surface area contributed by atoms with Crippen molar-refractivity contribution in [1.82, 2.24) is 0 Å². The summed E-state index contributed by atoms with van der Waals surface area (Å²) in [5, 5.41) is 30.9. The largest absolute Gasteiger partial charge is 0.491 e. The molecule has 1 fully saturated rings. The Kier molecular flexibility index (Phi) is 8.97. The molecule has 0 amide bonds. The molecule has 1 aliphatic rings. The highest BCUT2D eigenvalue weighted by Gasteiger charge is 2.34. The fraction of sp³-hybridized carbons (Fsp3) is 0.448. The zero-order valence-electron chi connectivity index (χ0n) is 23.0. The first-order valence-electron chi connectivity index (χ1n) is 12.9. The molecule has 2 aromatic rings. The molecule has 0 aromatic heterocycles. The molecule has 0 spiro atoms. The number of nitrogens with one attached hydrogen (secondary N) is 1. The molecule has 0 radical (unpaired) electrons. The van der Waals surface area contributed by atoms with Gasteiger partial charge in [0.1, 0.15) is 5.69 Å². The van der Waals surface area contributed by atoms with E-state index in [0.717, 1.165) is 18.7 Å². The molecule has 8 nitrogen and oxygen atoms in total. The number of hydrogen-bond acceptors (Lipinski definition) is 6. The normalized spacial score (nSPS) is 17.0. The van der Waals surface area contributed by atoms with Gasteiger partial charge in [0.2, 0.25) is 0 Å². The van der Waals surface area contributed by atoms with E-state index in [1.807, 2.05) is 26.0 Å². The number of benzene rings is 2. The lowest BCUT2D eigenvalue weighted by Crippen LogP contribution is -2.45. The quantitative estimate of drug-likeness (QED) is 0.156. The number of hydrogen-bond donors (Lipinski definition) is 4. The molecule has 0 saturated heterocycles. The van der Waals surface area contributed by atoms with Gasteiger partial charge in [-0.25, -0.2) is 9.18 Å². The number of carboxylic acid groups (broad SMARTS) is 1. The third kappa shape index (κ3) is 6.59. The summed E-state index contributed by atoms with van der Waals surface area (Å²) >= 11 is 0. The number of carboxylic acids is 1. The number of carbonyl (C=O) groups is 1. The number of nitrogens with zero attached hydrogens (tertiary/aromatic N) is 2. The maximum Gasteiger partial charge on any atom is 0.338 e. The molecule has 206 valence electrons. The van der Waals surface area contributed by atoms with Crippen molar-refractivity contribution in [3.05, 3.63) is 70.8 Å². The molecular formula is C29H39FN3O5+. The first-order chi connectivity index (χ1) is 17.8. The fourth-order valence-electron chi connectivity index (χ4n) is 4.86. The topological polar surface area (TPSA) is 111 Å². The van der Waals surface area contributed by atoms with E-state index < -0.39 is 28.0 Å². The zero-order valence-corrected chi connectivity index (χ0v) is 23.0. The van der Waals surface area contributed by atoms with Crippen molar-refractivity contribution in [2.45, 2.75) is 66.2 Å². The summed E-state index contributed by atoms with van der Waals surface area (Å²) in [6, 6.07) is 10.5. The summed E-state index contributed by atoms with van der Waals surface area (Å²) < 4.78 is 19.6. The molecule has 0 bridgehead atoms. The first kappa shape index (κ1) is 29.3. The van der Waals surface area contributed by atoms with Gasteiger partial charge in [0.25, 0.3) is 0 Å². The van der Waals surface area contributed by atoms with Crippen LogP contribution in [0.1, 0.15) is 87.7 Å². The minimum absolute atomic E-state index is 0.0480. The van der Waals surface area contributed by atoms with Gasteiger partial charge < -0.3 is 9.84 Å². The van der Waals surface area contributed by atoms with Crippen molar-refractivity contribution in [2.75, 3.05) is 12.5 Å². The lowest BCUT2D eigenvalue weighted by atomic mass is 9.71. The lowest BCUT2D eigenvalue weighted by Gasteiger charge is -2.34. The summed E-state index contributed by atoms with van der Waals surface area (Å²) in [5.74, 6) is -2.76. The van der Waals surface area contributed by atoms with Gasteiger partial charge in [-0.05, 0) is 73.1 Å². The smallest absolute Gasteiger partial charge is 0.338 e. The Bertz CT molecular complexity index is 1210. The van der Waals surface area contributed by atoms with Crippen LogP contribution in [0.3, 0.4) is 0 Å². The van der Waals surface area contributed by atoms with E-state index in [1.54, 1.807) is 6.92 Å². The molecule has 38 heavy (non-hydrogen) atoms. The summed E-state index contributed by atoms with van der Waals surface area (Å²) in [6.07, 6.45) is 6.16. The number of anilines is 1. The number of aliphatic imine (C=N–C) groups is 1. The summed E-state index contributed by atoms with van der Waals surface area (Å²) in [4.78, 5) is 13.9. The number of quaternary nitrogens is 1. The van der Waals surface area contributed by atoms with Crippen LogP contribution in [-0.2, 0) is 0 Å². The molecule has 9 heteroatoms. The van der Waals surface area contributed by atoms with Gasteiger partial charge in [-0.1, -0.05) is 52.0 Å². The van der Waals surface area contributed by atoms with Crippen LogP contribution in [0.5, 0.6) is 5.75 Å². The Morgan fingerprint density at radius 3 is 2.26 bits per heavy atom. The van der Waals surface area contributed by atoms with Gasteiger partial charge in [-0.15, -0.1) is 10.4 Å². The van der Waals surface area contributed by atoms with Crippen LogP contribution in [0.25, 0.3) is 0 Å². The Balaban J connectivity index is 1.88.